The van der Waals surface area contributed by atoms with Crippen molar-refractivity contribution in [3.8, 4) is 0 Å². The van der Waals surface area contributed by atoms with E-state index in [9.17, 15) is 14.4 Å². The molecule has 2 aliphatic rings. The second-order valence-electron chi connectivity index (χ2n) is 7.76. The van der Waals surface area contributed by atoms with Crippen molar-refractivity contribution in [2.75, 3.05) is 27.3 Å². The molecule has 0 bridgehead atoms. The number of hydrogen-bond acceptors (Lipinski definition) is 5. The number of ether oxygens (including phenoxy) is 2. The molecule has 1 heterocycles. The SMILES string of the molecule is COC1=C(OC)C(=O)C(Cc2ccc(CCC(=O)N3CCCCC3)cc2)=C(C)C1=O. The Labute approximate surface area is 177 Å². The Morgan fingerprint density at radius 3 is 2.07 bits per heavy atom. The topological polar surface area (TPSA) is 72.9 Å². The van der Waals surface area contributed by atoms with Crippen LogP contribution in [0.2, 0.25) is 0 Å². The molecule has 0 N–H and O–H groups in total. The number of piperidine rings is 1. The van der Waals surface area contributed by atoms with Gasteiger partial charge >= 0.3 is 0 Å². The van der Waals surface area contributed by atoms with Crippen LogP contribution in [0.5, 0.6) is 0 Å². The average molecular weight is 411 g/mol. The summed E-state index contributed by atoms with van der Waals surface area (Å²) >= 11 is 0. The second kappa shape index (κ2) is 9.74. The zero-order valence-electron chi connectivity index (χ0n) is 18.0. The summed E-state index contributed by atoms with van der Waals surface area (Å²) in [6.07, 6.45) is 4.96. The van der Waals surface area contributed by atoms with Crippen LogP contribution < -0.4 is 0 Å². The molecule has 30 heavy (non-hydrogen) atoms. The van der Waals surface area contributed by atoms with Gasteiger partial charge in [-0.1, -0.05) is 24.3 Å². The van der Waals surface area contributed by atoms with Crippen molar-refractivity contribution in [1.29, 1.82) is 0 Å². The molecule has 1 aliphatic carbocycles. The minimum absolute atomic E-state index is 0.0440. The van der Waals surface area contributed by atoms with E-state index in [1.165, 1.54) is 20.6 Å². The maximum Gasteiger partial charge on any atom is 0.228 e. The number of benzene rings is 1. The van der Waals surface area contributed by atoms with E-state index in [4.69, 9.17) is 9.47 Å². The van der Waals surface area contributed by atoms with Gasteiger partial charge in [0.05, 0.1) is 14.2 Å². The number of nitrogens with zero attached hydrogens (tertiary/aromatic N) is 1. The fourth-order valence-electron chi connectivity index (χ4n) is 3.99. The second-order valence-corrected chi connectivity index (χ2v) is 7.76. The number of Topliss-reactive ketones (excluding diaryl/α,β-unsaturated/α-hetero) is 2. The first kappa shape index (κ1) is 21.8. The molecule has 160 valence electrons. The summed E-state index contributed by atoms with van der Waals surface area (Å²) in [7, 11) is 2.71. The van der Waals surface area contributed by atoms with E-state index in [1.807, 2.05) is 29.2 Å². The number of methoxy groups -OCH3 is 2. The van der Waals surface area contributed by atoms with Gasteiger partial charge in [-0.3, -0.25) is 14.4 Å². The lowest BCUT2D eigenvalue weighted by atomic mass is 9.88. The van der Waals surface area contributed by atoms with Gasteiger partial charge in [-0.15, -0.1) is 0 Å². The van der Waals surface area contributed by atoms with E-state index in [0.717, 1.165) is 37.1 Å². The van der Waals surface area contributed by atoms with Crippen LogP contribution >= 0.6 is 0 Å². The standard InChI is InChI=1S/C24H29NO5/c1-16-19(22(28)24(30-3)23(29-2)21(16)27)15-18-9-7-17(8-10-18)11-12-20(26)25-13-5-4-6-14-25/h7-10H,4-6,11-15H2,1-3H3. The van der Waals surface area contributed by atoms with Crippen LogP contribution in [-0.4, -0.2) is 49.7 Å². The van der Waals surface area contributed by atoms with Gasteiger partial charge in [0.2, 0.25) is 29.0 Å². The number of likely N-dealkylation sites (tertiary alicyclic amines) is 1. The van der Waals surface area contributed by atoms with Crippen LogP contribution in [0.4, 0.5) is 0 Å². The molecular formula is C24H29NO5. The summed E-state index contributed by atoms with van der Waals surface area (Å²) in [5.41, 5.74) is 2.81. The van der Waals surface area contributed by atoms with E-state index in [2.05, 4.69) is 0 Å². The normalized spacial score (nSPS) is 17.5. The molecule has 0 radical (unpaired) electrons. The third kappa shape index (κ3) is 4.64. The molecule has 0 aromatic heterocycles. The van der Waals surface area contributed by atoms with Gasteiger partial charge in [-0.2, -0.15) is 0 Å². The van der Waals surface area contributed by atoms with Crippen LogP contribution in [0.25, 0.3) is 0 Å². The average Bonchev–Trinajstić information content (AvgIpc) is 2.78. The largest absolute Gasteiger partial charge is 0.489 e. The van der Waals surface area contributed by atoms with Crippen molar-refractivity contribution in [3.05, 3.63) is 58.1 Å². The molecule has 3 rings (SSSR count). The molecule has 1 amide bonds. The minimum atomic E-state index is -0.322. The van der Waals surface area contributed by atoms with Gasteiger partial charge in [0.15, 0.2) is 0 Å². The molecule has 1 aliphatic heterocycles. The predicted octanol–water partition coefficient (Wildman–Crippen LogP) is 3.15. The van der Waals surface area contributed by atoms with Crippen LogP contribution in [0, 0.1) is 0 Å². The van der Waals surface area contributed by atoms with Crippen molar-refractivity contribution in [1.82, 2.24) is 4.90 Å². The highest BCUT2D eigenvalue weighted by atomic mass is 16.5. The van der Waals surface area contributed by atoms with E-state index in [-0.39, 0.29) is 29.0 Å². The van der Waals surface area contributed by atoms with Gasteiger partial charge in [0, 0.05) is 37.1 Å². The molecule has 1 fully saturated rings. The van der Waals surface area contributed by atoms with Crippen LogP contribution in [-0.2, 0) is 36.7 Å². The summed E-state index contributed by atoms with van der Waals surface area (Å²) in [6.45, 7) is 3.39. The molecule has 0 saturated carbocycles. The van der Waals surface area contributed by atoms with Crippen LogP contribution in [0.15, 0.2) is 46.9 Å². The van der Waals surface area contributed by atoms with E-state index >= 15 is 0 Å². The molecular weight excluding hydrogens is 382 g/mol. The van der Waals surface area contributed by atoms with Gasteiger partial charge in [-0.25, -0.2) is 0 Å². The lowest BCUT2D eigenvalue weighted by molar-refractivity contribution is -0.132. The third-order valence-corrected chi connectivity index (χ3v) is 5.83. The van der Waals surface area contributed by atoms with Crippen molar-refractivity contribution in [2.45, 2.75) is 45.4 Å². The number of amides is 1. The molecule has 6 heteroatoms. The molecule has 6 nitrogen and oxygen atoms in total. The van der Waals surface area contributed by atoms with Crippen molar-refractivity contribution in [3.63, 3.8) is 0 Å². The molecule has 0 spiro atoms. The first-order chi connectivity index (χ1) is 14.5. The number of carbonyl (C=O) groups is 3. The highest BCUT2D eigenvalue weighted by Gasteiger charge is 2.34. The quantitative estimate of drug-likeness (QED) is 0.645. The molecule has 0 unspecified atom stereocenters. The number of hydrogen-bond donors (Lipinski definition) is 0. The Balaban J connectivity index is 1.64. The number of allylic oxidation sites excluding steroid dienone is 2. The van der Waals surface area contributed by atoms with Gasteiger partial charge in [0.1, 0.15) is 0 Å². The number of ketones is 2. The lowest BCUT2D eigenvalue weighted by Crippen LogP contribution is -2.35. The smallest absolute Gasteiger partial charge is 0.228 e. The van der Waals surface area contributed by atoms with E-state index < -0.39 is 0 Å². The Bertz CT molecular complexity index is 889. The Morgan fingerprint density at radius 2 is 1.47 bits per heavy atom. The zero-order chi connectivity index (χ0) is 21.7. The van der Waals surface area contributed by atoms with Gasteiger partial charge in [-0.05, 0) is 43.7 Å². The lowest BCUT2D eigenvalue weighted by Gasteiger charge is -2.26. The molecule has 1 aromatic carbocycles. The monoisotopic (exact) mass is 411 g/mol. The Kier molecular flexibility index (Phi) is 7.08. The molecule has 1 saturated heterocycles. The highest BCUT2D eigenvalue weighted by Crippen LogP contribution is 2.28. The van der Waals surface area contributed by atoms with Crippen molar-refractivity contribution < 1.29 is 23.9 Å². The number of rotatable bonds is 7. The first-order valence-corrected chi connectivity index (χ1v) is 10.4. The minimum Gasteiger partial charge on any atom is -0.489 e. The highest BCUT2D eigenvalue weighted by molar-refractivity contribution is 6.23. The predicted molar refractivity (Wildman–Crippen MR) is 113 cm³/mol. The van der Waals surface area contributed by atoms with Crippen LogP contribution in [0.1, 0.15) is 43.7 Å². The number of aryl methyl sites for hydroxylation is 1. The first-order valence-electron chi connectivity index (χ1n) is 10.4. The Morgan fingerprint density at radius 1 is 0.900 bits per heavy atom. The summed E-state index contributed by atoms with van der Waals surface area (Å²) in [5.74, 6) is -0.508. The number of carbonyl (C=O) groups excluding carboxylic acids is 3. The third-order valence-electron chi connectivity index (χ3n) is 5.83. The van der Waals surface area contributed by atoms with Gasteiger partial charge in [0.25, 0.3) is 0 Å². The summed E-state index contributed by atoms with van der Waals surface area (Å²) < 4.78 is 10.2. The summed E-state index contributed by atoms with van der Waals surface area (Å²) in [5, 5.41) is 0. The summed E-state index contributed by atoms with van der Waals surface area (Å²) in [6, 6.07) is 7.86. The van der Waals surface area contributed by atoms with Crippen molar-refractivity contribution in [2.24, 2.45) is 0 Å². The summed E-state index contributed by atoms with van der Waals surface area (Å²) in [4.78, 5) is 39.6. The van der Waals surface area contributed by atoms with Crippen LogP contribution in [0.3, 0.4) is 0 Å². The van der Waals surface area contributed by atoms with E-state index in [0.29, 0.717) is 30.4 Å². The zero-order valence-corrected chi connectivity index (χ0v) is 18.0. The van der Waals surface area contributed by atoms with Crippen molar-refractivity contribution >= 4 is 17.5 Å². The van der Waals surface area contributed by atoms with E-state index in [1.54, 1.807) is 6.92 Å². The van der Waals surface area contributed by atoms with Gasteiger partial charge < -0.3 is 14.4 Å². The fraction of sp³-hybridized carbons (Fsp3) is 0.458. The maximum absolute atomic E-state index is 12.8. The fourth-order valence-corrected chi connectivity index (χ4v) is 3.99. The molecule has 0 atom stereocenters. The maximum atomic E-state index is 12.8. The molecule has 1 aromatic rings. The Hall–Kier alpha value is -2.89.